The van der Waals surface area contributed by atoms with E-state index in [1.165, 1.54) is 17.7 Å². The van der Waals surface area contributed by atoms with Crippen molar-refractivity contribution in [1.82, 2.24) is 15.6 Å². The summed E-state index contributed by atoms with van der Waals surface area (Å²) in [6.45, 7) is 6.71. The predicted octanol–water partition coefficient (Wildman–Crippen LogP) is 3.20. The zero-order valence-electron chi connectivity index (χ0n) is 13.4. The van der Waals surface area contributed by atoms with E-state index in [9.17, 15) is 4.39 Å². The molecule has 3 N–H and O–H groups in total. The maximum absolute atomic E-state index is 13.2. The Morgan fingerprint density at radius 2 is 2.14 bits per heavy atom. The van der Waals surface area contributed by atoms with E-state index >= 15 is 0 Å². The zero-order chi connectivity index (χ0) is 15.8. The van der Waals surface area contributed by atoms with E-state index in [0.29, 0.717) is 0 Å². The predicted molar refractivity (Wildman–Crippen MR) is 90.9 cm³/mol. The van der Waals surface area contributed by atoms with Crippen LogP contribution in [-0.4, -0.2) is 30.6 Å². The molecule has 120 valence electrons. The van der Waals surface area contributed by atoms with Gasteiger partial charge in [-0.05, 0) is 43.5 Å². The van der Waals surface area contributed by atoms with Gasteiger partial charge in [0.1, 0.15) is 5.82 Å². The summed E-state index contributed by atoms with van der Waals surface area (Å²) in [4.78, 5) is 7.65. The molecule has 0 aliphatic heterocycles. The number of rotatable bonds is 7. The largest absolute Gasteiger partial charge is 0.361 e. The van der Waals surface area contributed by atoms with Crippen molar-refractivity contribution in [3.63, 3.8) is 0 Å². The lowest BCUT2D eigenvalue weighted by atomic mass is 10.1. The van der Waals surface area contributed by atoms with Crippen LogP contribution in [0.3, 0.4) is 0 Å². The van der Waals surface area contributed by atoms with Gasteiger partial charge in [0, 0.05) is 36.7 Å². The van der Waals surface area contributed by atoms with Gasteiger partial charge in [0.2, 0.25) is 0 Å². The first-order valence-electron chi connectivity index (χ1n) is 8.02. The van der Waals surface area contributed by atoms with Crippen molar-refractivity contribution in [2.45, 2.75) is 33.1 Å². The molecule has 0 spiro atoms. The molecule has 0 radical (unpaired) electrons. The molecule has 0 bridgehead atoms. The highest BCUT2D eigenvalue weighted by molar-refractivity contribution is 5.83. The highest BCUT2D eigenvalue weighted by Crippen LogP contribution is 2.19. The smallest absolute Gasteiger partial charge is 0.191 e. The van der Waals surface area contributed by atoms with Gasteiger partial charge in [0.25, 0.3) is 0 Å². The number of halogens is 1. The molecule has 5 heteroatoms. The molecule has 1 aromatic heterocycles. The number of aliphatic imine (C=N–C) groups is 1. The number of fused-ring (bicyclic) bond motifs is 1. The van der Waals surface area contributed by atoms with Gasteiger partial charge < -0.3 is 15.6 Å². The quantitative estimate of drug-likeness (QED) is 0.418. The van der Waals surface area contributed by atoms with Crippen molar-refractivity contribution in [2.75, 3.05) is 19.6 Å². The summed E-state index contributed by atoms with van der Waals surface area (Å²) in [5, 5.41) is 7.67. The first-order chi connectivity index (χ1) is 10.7. The molecule has 1 aromatic carbocycles. The van der Waals surface area contributed by atoms with Crippen molar-refractivity contribution >= 4 is 16.9 Å². The molecular weight excluding hydrogens is 279 g/mol. The topological polar surface area (TPSA) is 52.2 Å². The van der Waals surface area contributed by atoms with Crippen molar-refractivity contribution in [3.8, 4) is 0 Å². The number of nitrogens with one attached hydrogen (secondary N) is 3. The van der Waals surface area contributed by atoms with Crippen LogP contribution in [0.1, 0.15) is 32.3 Å². The molecule has 0 saturated carbocycles. The molecule has 0 saturated heterocycles. The van der Waals surface area contributed by atoms with Gasteiger partial charge in [-0.15, -0.1) is 0 Å². The van der Waals surface area contributed by atoms with Crippen LogP contribution < -0.4 is 10.6 Å². The van der Waals surface area contributed by atoms with Crippen LogP contribution in [0.2, 0.25) is 0 Å². The summed E-state index contributed by atoms with van der Waals surface area (Å²) in [5.41, 5.74) is 2.03. The summed E-state index contributed by atoms with van der Waals surface area (Å²) in [7, 11) is 0. The monoisotopic (exact) mass is 304 g/mol. The van der Waals surface area contributed by atoms with E-state index in [0.717, 1.165) is 55.8 Å². The van der Waals surface area contributed by atoms with Gasteiger partial charge in [0.05, 0.1) is 0 Å². The number of unbranched alkanes of at least 4 members (excludes halogenated alkanes) is 1. The van der Waals surface area contributed by atoms with E-state index in [1.54, 1.807) is 0 Å². The lowest BCUT2D eigenvalue weighted by Gasteiger charge is -2.10. The molecular formula is C17H25FN4. The fourth-order valence-corrected chi connectivity index (χ4v) is 2.37. The molecule has 0 amide bonds. The fraction of sp³-hybridized carbons (Fsp3) is 0.471. The highest BCUT2D eigenvalue weighted by Gasteiger charge is 2.05. The average molecular weight is 304 g/mol. The minimum absolute atomic E-state index is 0.212. The first-order valence-corrected chi connectivity index (χ1v) is 8.02. The van der Waals surface area contributed by atoms with Crippen LogP contribution in [-0.2, 0) is 6.42 Å². The second-order valence-corrected chi connectivity index (χ2v) is 5.29. The molecule has 2 rings (SSSR count). The minimum Gasteiger partial charge on any atom is -0.361 e. The third-order valence-corrected chi connectivity index (χ3v) is 3.54. The maximum atomic E-state index is 13.2. The molecule has 2 aromatic rings. The Kier molecular flexibility index (Phi) is 6.25. The molecule has 0 atom stereocenters. The van der Waals surface area contributed by atoms with Crippen LogP contribution in [0, 0.1) is 5.82 Å². The van der Waals surface area contributed by atoms with Gasteiger partial charge in [-0.2, -0.15) is 0 Å². The van der Waals surface area contributed by atoms with E-state index in [2.05, 4.69) is 34.5 Å². The van der Waals surface area contributed by atoms with Crippen LogP contribution in [0.5, 0.6) is 0 Å². The Balaban J connectivity index is 1.91. The second kappa shape index (κ2) is 8.41. The summed E-state index contributed by atoms with van der Waals surface area (Å²) < 4.78 is 13.2. The number of aromatic amines is 1. The third kappa shape index (κ3) is 4.48. The number of hydrogen-bond acceptors (Lipinski definition) is 1. The van der Waals surface area contributed by atoms with Crippen LogP contribution >= 0.6 is 0 Å². The number of hydrogen-bond donors (Lipinski definition) is 3. The zero-order valence-corrected chi connectivity index (χ0v) is 13.4. The van der Waals surface area contributed by atoms with Gasteiger partial charge in [-0.1, -0.05) is 13.3 Å². The Hall–Kier alpha value is -2.04. The summed E-state index contributed by atoms with van der Waals surface area (Å²) in [6.07, 6.45) is 5.07. The Morgan fingerprint density at radius 1 is 1.27 bits per heavy atom. The lowest BCUT2D eigenvalue weighted by molar-refractivity contribution is 0.629. The number of aromatic nitrogens is 1. The van der Waals surface area contributed by atoms with Crippen molar-refractivity contribution in [1.29, 1.82) is 0 Å². The maximum Gasteiger partial charge on any atom is 0.191 e. The third-order valence-electron chi connectivity index (χ3n) is 3.54. The number of H-pyrrole nitrogens is 1. The molecule has 0 unspecified atom stereocenters. The van der Waals surface area contributed by atoms with Gasteiger partial charge in [-0.3, -0.25) is 4.99 Å². The normalized spacial score (nSPS) is 11.9. The number of guanidine groups is 1. The van der Waals surface area contributed by atoms with Gasteiger partial charge in [0.15, 0.2) is 5.96 Å². The molecule has 0 fully saturated rings. The van der Waals surface area contributed by atoms with E-state index in [-0.39, 0.29) is 5.82 Å². The van der Waals surface area contributed by atoms with E-state index in [1.807, 2.05) is 12.3 Å². The average Bonchev–Trinajstić information content (AvgIpc) is 2.90. The Morgan fingerprint density at radius 3 is 2.91 bits per heavy atom. The van der Waals surface area contributed by atoms with Crippen LogP contribution in [0.4, 0.5) is 4.39 Å². The molecule has 22 heavy (non-hydrogen) atoms. The summed E-state index contributed by atoms with van der Waals surface area (Å²) in [5.74, 6) is 0.651. The molecule has 4 nitrogen and oxygen atoms in total. The summed E-state index contributed by atoms with van der Waals surface area (Å²) in [6, 6.07) is 4.86. The second-order valence-electron chi connectivity index (χ2n) is 5.29. The number of nitrogens with zero attached hydrogens (tertiary/aromatic N) is 1. The minimum atomic E-state index is -0.212. The fourth-order valence-electron chi connectivity index (χ4n) is 2.37. The van der Waals surface area contributed by atoms with Gasteiger partial charge >= 0.3 is 0 Å². The first kappa shape index (κ1) is 16.3. The van der Waals surface area contributed by atoms with Crippen LogP contribution in [0.15, 0.2) is 29.4 Å². The molecule has 0 aliphatic rings. The SMILES string of the molecule is CCCCN=C(NCC)NCCc1c[nH]c2cc(F)ccc12. The van der Waals surface area contributed by atoms with E-state index in [4.69, 9.17) is 0 Å². The van der Waals surface area contributed by atoms with E-state index < -0.39 is 0 Å². The van der Waals surface area contributed by atoms with Crippen molar-refractivity contribution < 1.29 is 4.39 Å². The lowest BCUT2D eigenvalue weighted by Crippen LogP contribution is -2.38. The van der Waals surface area contributed by atoms with Crippen molar-refractivity contribution in [3.05, 3.63) is 35.8 Å². The standard InChI is InChI=1S/C17H25FN4/c1-3-5-9-20-17(19-4-2)21-10-8-13-12-22-16-11-14(18)6-7-15(13)16/h6-7,11-12,22H,3-5,8-10H2,1-2H3,(H2,19,20,21). The Labute approximate surface area is 131 Å². The molecule has 0 aliphatic carbocycles. The van der Waals surface area contributed by atoms with Crippen LogP contribution in [0.25, 0.3) is 10.9 Å². The van der Waals surface area contributed by atoms with Gasteiger partial charge in [-0.25, -0.2) is 4.39 Å². The Bertz CT molecular complexity index is 618. The summed E-state index contributed by atoms with van der Waals surface area (Å²) >= 11 is 0. The van der Waals surface area contributed by atoms with Crippen molar-refractivity contribution in [2.24, 2.45) is 4.99 Å². The highest BCUT2D eigenvalue weighted by atomic mass is 19.1. The number of benzene rings is 1. The molecule has 1 heterocycles.